The summed E-state index contributed by atoms with van der Waals surface area (Å²) in [4.78, 5) is 13.3. The number of aromatic nitrogens is 2. The quantitative estimate of drug-likeness (QED) is 0.248. The summed E-state index contributed by atoms with van der Waals surface area (Å²) in [5.74, 6) is -0.393. The number of anilines is 1. The van der Waals surface area contributed by atoms with Gasteiger partial charge in [-0.2, -0.15) is 5.10 Å². The van der Waals surface area contributed by atoms with Crippen LogP contribution in [-0.4, -0.2) is 24.1 Å². The van der Waals surface area contributed by atoms with Crippen molar-refractivity contribution < 1.29 is 13.2 Å². The van der Waals surface area contributed by atoms with E-state index < -0.39 is 15.9 Å². The lowest BCUT2D eigenvalue weighted by Crippen LogP contribution is -2.17. The average molecular weight is 596 g/mol. The summed E-state index contributed by atoms with van der Waals surface area (Å²) in [6.45, 7) is 1.82. The Labute approximate surface area is 227 Å². The van der Waals surface area contributed by atoms with Gasteiger partial charge in [0.05, 0.1) is 27.0 Å². The number of fused-ring (bicyclic) bond motifs is 1. The fourth-order valence-electron chi connectivity index (χ4n) is 4.12. The van der Waals surface area contributed by atoms with Gasteiger partial charge in [0, 0.05) is 10.0 Å². The van der Waals surface area contributed by atoms with Gasteiger partial charge in [0.2, 0.25) is 10.0 Å². The van der Waals surface area contributed by atoms with Crippen molar-refractivity contribution in [3.05, 3.63) is 106 Å². The highest BCUT2D eigenvalue weighted by molar-refractivity contribution is 9.10. The molecule has 10 heteroatoms. The molecular weight excluding hydrogens is 576 g/mol. The lowest BCUT2D eigenvalue weighted by atomic mass is 10.1. The van der Waals surface area contributed by atoms with Crippen molar-refractivity contribution in [2.75, 3.05) is 5.32 Å². The van der Waals surface area contributed by atoms with Crippen LogP contribution in [0, 0.1) is 6.92 Å². The second kappa shape index (κ2) is 9.75. The molecule has 0 fully saturated rings. The maximum Gasteiger partial charge on any atom is 0.274 e. The predicted molar refractivity (Wildman–Crippen MR) is 150 cm³/mol. The molecule has 0 radical (unpaired) electrons. The Bertz CT molecular complexity index is 1800. The van der Waals surface area contributed by atoms with E-state index in [9.17, 15) is 13.2 Å². The fraction of sp³-hybridized carbons (Fsp3) is 0.0370. The van der Waals surface area contributed by atoms with Gasteiger partial charge in [0.25, 0.3) is 5.91 Å². The minimum Gasteiger partial charge on any atom is -0.319 e. The molecule has 0 saturated carbocycles. The summed E-state index contributed by atoms with van der Waals surface area (Å²) < 4.78 is 26.6. The summed E-state index contributed by atoms with van der Waals surface area (Å²) in [5.41, 5.74) is 3.11. The van der Waals surface area contributed by atoms with Crippen LogP contribution in [0.2, 0.25) is 5.02 Å². The average Bonchev–Trinajstić information content (AvgIpc) is 3.26. The third kappa shape index (κ3) is 5.17. The molecule has 0 aliphatic rings. The molecule has 186 valence electrons. The Morgan fingerprint density at radius 2 is 1.70 bits per heavy atom. The first kappa shape index (κ1) is 25.2. The Hall–Kier alpha value is -3.50. The number of benzene rings is 4. The van der Waals surface area contributed by atoms with Crippen LogP contribution in [-0.2, 0) is 10.0 Å². The third-order valence-corrected chi connectivity index (χ3v) is 7.59. The number of hydrogen-bond donors (Lipinski definition) is 2. The van der Waals surface area contributed by atoms with Crippen molar-refractivity contribution in [1.29, 1.82) is 0 Å². The van der Waals surface area contributed by atoms with Gasteiger partial charge in [0.15, 0.2) is 0 Å². The van der Waals surface area contributed by atoms with Crippen molar-refractivity contribution >= 4 is 59.9 Å². The highest BCUT2D eigenvalue weighted by Crippen LogP contribution is 2.32. The summed E-state index contributed by atoms with van der Waals surface area (Å²) in [6, 6.07) is 24.8. The van der Waals surface area contributed by atoms with E-state index >= 15 is 0 Å². The van der Waals surface area contributed by atoms with E-state index in [0.29, 0.717) is 28.2 Å². The second-order valence-electron chi connectivity index (χ2n) is 8.45. The molecule has 5 aromatic rings. The zero-order valence-corrected chi connectivity index (χ0v) is 22.6. The van der Waals surface area contributed by atoms with Crippen LogP contribution in [0.25, 0.3) is 27.6 Å². The number of rotatable bonds is 5. The third-order valence-electron chi connectivity index (χ3n) is 5.82. The largest absolute Gasteiger partial charge is 0.319 e. The molecule has 1 heterocycles. The number of primary sulfonamides is 1. The molecule has 37 heavy (non-hydrogen) atoms. The van der Waals surface area contributed by atoms with E-state index in [1.165, 1.54) is 6.07 Å². The normalized spacial score (nSPS) is 11.6. The maximum absolute atomic E-state index is 13.3. The van der Waals surface area contributed by atoms with Gasteiger partial charge in [-0.3, -0.25) is 4.79 Å². The molecule has 3 N–H and O–H groups in total. The molecule has 0 unspecified atom stereocenters. The molecule has 0 aliphatic heterocycles. The number of aryl methyl sites for hydroxylation is 1. The van der Waals surface area contributed by atoms with Gasteiger partial charge in [-0.1, -0.05) is 63.9 Å². The Morgan fingerprint density at radius 3 is 2.46 bits per heavy atom. The minimum atomic E-state index is -3.93. The molecule has 0 spiro atoms. The van der Waals surface area contributed by atoms with Crippen LogP contribution >= 0.6 is 27.5 Å². The molecule has 5 rings (SSSR count). The Kier molecular flexibility index (Phi) is 6.63. The molecule has 4 aromatic carbocycles. The maximum atomic E-state index is 13.3. The molecule has 0 bridgehead atoms. The molecule has 7 nitrogen and oxygen atoms in total. The van der Waals surface area contributed by atoms with Gasteiger partial charge in [-0.15, -0.1) is 0 Å². The van der Waals surface area contributed by atoms with Crippen LogP contribution in [0.4, 0.5) is 5.69 Å². The molecule has 0 saturated heterocycles. The zero-order chi connectivity index (χ0) is 26.3. The van der Waals surface area contributed by atoms with E-state index in [1.807, 2.05) is 43.3 Å². The number of halogens is 2. The lowest BCUT2D eigenvalue weighted by Gasteiger charge is -2.12. The van der Waals surface area contributed by atoms with Crippen molar-refractivity contribution in [3.63, 3.8) is 0 Å². The zero-order valence-electron chi connectivity index (χ0n) is 19.4. The standard InChI is InChI=1S/C27H20BrClN4O3S/c1-16-12-25(33(32-16)21-10-7-17-13-20(28)9-6-18(17)14-21)27(34)31-24-11-8-19(15-23(24)29)22-4-2-3-5-26(22)37(30,35)36/h2-15H,1H3,(H,31,34)(H2,30,35,36). The molecule has 1 amide bonds. The van der Waals surface area contributed by atoms with Gasteiger partial charge in [-0.05, 0) is 71.8 Å². The van der Waals surface area contributed by atoms with Crippen molar-refractivity contribution in [2.24, 2.45) is 5.14 Å². The number of carbonyl (C=O) groups excluding carboxylic acids is 1. The number of nitrogens with two attached hydrogens (primary N) is 1. The summed E-state index contributed by atoms with van der Waals surface area (Å²) >= 11 is 9.98. The summed E-state index contributed by atoms with van der Waals surface area (Å²) in [7, 11) is -3.93. The molecule has 0 atom stereocenters. The Balaban J connectivity index is 1.46. The SMILES string of the molecule is Cc1cc(C(=O)Nc2ccc(-c3ccccc3S(N)(=O)=O)cc2Cl)n(-c2ccc3cc(Br)ccc3c2)n1. The van der Waals surface area contributed by atoms with Crippen molar-refractivity contribution in [1.82, 2.24) is 9.78 Å². The first-order valence-electron chi connectivity index (χ1n) is 11.1. The highest BCUT2D eigenvalue weighted by Gasteiger charge is 2.19. The molecule has 1 aromatic heterocycles. The van der Waals surface area contributed by atoms with Gasteiger partial charge >= 0.3 is 0 Å². The van der Waals surface area contributed by atoms with Crippen LogP contribution < -0.4 is 10.5 Å². The first-order chi connectivity index (χ1) is 17.6. The van der Waals surface area contributed by atoms with E-state index in [0.717, 1.165) is 20.9 Å². The monoisotopic (exact) mass is 594 g/mol. The van der Waals surface area contributed by atoms with E-state index in [-0.39, 0.29) is 9.92 Å². The van der Waals surface area contributed by atoms with Crippen molar-refractivity contribution in [3.8, 4) is 16.8 Å². The van der Waals surface area contributed by atoms with E-state index in [4.69, 9.17) is 16.7 Å². The topological polar surface area (TPSA) is 107 Å². The van der Waals surface area contributed by atoms with Crippen molar-refractivity contribution in [2.45, 2.75) is 11.8 Å². The molecular formula is C27H20BrClN4O3S. The van der Waals surface area contributed by atoms with Gasteiger partial charge in [-0.25, -0.2) is 18.2 Å². The number of carbonyl (C=O) groups is 1. The lowest BCUT2D eigenvalue weighted by molar-refractivity contribution is 0.101. The molecule has 0 aliphatic carbocycles. The number of nitrogens with one attached hydrogen (secondary N) is 1. The number of hydrogen-bond acceptors (Lipinski definition) is 4. The Morgan fingerprint density at radius 1 is 0.973 bits per heavy atom. The fourth-order valence-corrected chi connectivity index (χ4v) is 5.48. The van der Waals surface area contributed by atoms with Crippen LogP contribution in [0.5, 0.6) is 0 Å². The second-order valence-corrected chi connectivity index (χ2v) is 11.3. The van der Waals surface area contributed by atoms with Crippen LogP contribution in [0.1, 0.15) is 16.2 Å². The smallest absolute Gasteiger partial charge is 0.274 e. The highest BCUT2D eigenvalue weighted by atomic mass is 79.9. The summed E-state index contributed by atoms with van der Waals surface area (Å²) in [6.07, 6.45) is 0. The van der Waals surface area contributed by atoms with Gasteiger partial charge < -0.3 is 5.32 Å². The number of amides is 1. The van der Waals surface area contributed by atoms with Crippen LogP contribution in [0.3, 0.4) is 0 Å². The van der Waals surface area contributed by atoms with Crippen LogP contribution in [0.15, 0.2) is 94.3 Å². The minimum absolute atomic E-state index is 0.00929. The van der Waals surface area contributed by atoms with E-state index in [1.54, 1.807) is 47.1 Å². The number of nitrogens with zero attached hydrogens (tertiary/aromatic N) is 2. The van der Waals surface area contributed by atoms with Gasteiger partial charge in [0.1, 0.15) is 5.69 Å². The number of sulfonamides is 1. The summed E-state index contributed by atoms with van der Waals surface area (Å²) in [5, 5.41) is 15.0. The van der Waals surface area contributed by atoms with E-state index in [2.05, 4.69) is 26.3 Å². The predicted octanol–water partition coefficient (Wildman–Crippen LogP) is 6.32. The first-order valence-corrected chi connectivity index (χ1v) is 13.8.